The first-order valence-corrected chi connectivity index (χ1v) is 3.95. The molecule has 17 heavy (non-hydrogen) atoms. The Balaban J connectivity index is -0.0000000794. The Morgan fingerprint density at radius 2 is 2.12 bits per heavy atom. The van der Waals surface area contributed by atoms with Crippen LogP contribution in [0.1, 0.15) is 12.0 Å². The maximum atomic E-state index is 10.0. The fourth-order valence-electron chi connectivity index (χ4n) is 0.412. The zero-order chi connectivity index (χ0) is 12.1. The molecule has 0 saturated carbocycles. The van der Waals surface area contributed by atoms with Gasteiger partial charge in [-0.15, -0.1) is 6.42 Å². The largest absolute Gasteiger partial charge is 0.545 e. The molecule has 1 aromatic rings. The number of aromatic nitrogens is 2. The minimum absolute atomic E-state index is 0. The van der Waals surface area contributed by atoms with Gasteiger partial charge in [0, 0.05) is 60.8 Å². The zero-order valence-electron chi connectivity index (χ0n) is 9.55. The fourth-order valence-corrected chi connectivity index (χ4v) is 0.412. The van der Waals surface area contributed by atoms with Crippen molar-refractivity contribution in [2.45, 2.75) is 6.42 Å². The van der Waals surface area contributed by atoms with Crippen LogP contribution in [-0.2, 0) is 63.4 Å². The molecule has 1 aromatic heterocycles. The molecule has 0 aromatic carbocycles. The average molecular weight is 480 g/mol. The van der Waals surface area contributed by atoms with Gasteiger partial charge in [-0.25, -0.2) is 11.3 Å². The molecule has 0 aliphatic heterocycles. The molecule has 93 valence electrons. The number of nitrogens with one attached hydrogen (secondary N) is 1. The third-order valence-corrected chi connectivity index (χ3v) is 1.10. The van der Waals surface area contributed by atoms with Crippen molar-refractivity contribution in [2.24, 2.45) is 0 Å². The van der Waals surface area contributed by atoms with Gasteiger partial charge in [-0.1, -0.05) is 6.20 Å². The summed E-state index contributed by atoms with van der Waals surface area (Å²) in [6.07, 6.45) is 4.47. The van der Waals surface area contributed by atoms with E-state index in [2.05, 4.69) is 42.3 Å². The zero-order valence-corrected chi connectivity index (χ0v) is 15.3. The number of hydrogen-bond donors (Lipinski definition) is 1. The van der Waals surface area contributed by atoms with Crippen molar-refractivity contribution >= 4 is 12.7 Å². The number of amides is 1. The van der Waals surface area contributed by atoms with E-state index in [0.717, 1.165) is 5.56 Å². The maximum absolute atomic E-state index is 10.0. The van der Waals surface area contributed by atoms with Crippen LogP contribution >= 0.6 is 0 Å². The van der Waals surface area contributed by atoms with Crippen molar-refractivity contribution in [2.75, 3.05) is 7.05 Å². The van der Waals surface area contributed by atoms with Gasteiger partial charge in [0.25, 0.3) is 0 Å². The SMILES string of the molecule is [CH-]=O.[CH2-]CC(=O)NC.[CH2-]c1[c-]nncc1.[W].[Y]. The second-order valence-electron chi connectivity index (χ2n) is 2.09. The molecule has 1 amide bonds. The third kappa shape index (κ3) is 21.7. The van der Waals surface area contributed by atoms with Gasteiger partial charge in [0.05, 0.1) is 0 Å². The van der Waals surface area contributed by atoms with Crippen LogP contribution in [-0.4, -0.2) is 29.9 Å². The Hall–Kier alpha value is -0.118. The van der Waals surface area contributed by atoms with E-state index in [1.54, 1.807) is 19.3 Å². The van der Waals surface area contributed by atoms with Crippen LogP contribution in [0, 0.1) is 20.0 Å². The van der Waals surface area contributed by atoms with E-state index >= 15 is 0 Å². The Kier molecular flexibility index (Phi) is 32.0. The summed E-state index contributed by atoms with van der Waals surface area (Å²) in [7, 11) is 1.59. The van der Waals surface area contributed by atoms with Gasteiger partial charge in [0.1, 0.15) is 0 Å². The predicted octanol–water partition coefficient (Wildman–Crippen LogP) is 0.136. The minimum atomic E-state index is -0.0185. The van der Waals surface area contributed by atoms with Crippen molar-refractivity contribution < 1.29 is 63.4 Å². The standard InChI is InChI=1S/C5H4N2.C4H8NO.CHO.W.Y/c1-5-2-3-6-7-4-5;1-3-4(6)5-2;1-2;;/h2-3H,1H2;1,3H2,2H3,(H,5,6);1H;;/q-2;2*-1;;. The van der Waals surface area contributed by atoms with Gasteiger partial charge in [-0.2, -0.15) is 0 Å². The first kappa shape index (κ1) is 25.7. The van der Waals surface area contributed by atoms with Crippen molar-refractivity contribution in [3.63, 3.8) is 0 Å². The quantitative estimate of drug-likeness (QED) is 0.459. The smallest absolute Gasteiger partial charge is 0.189 e. The topological polar surface area (TPSA) is 72.0 Å². The first-order chi connectivity index (χ1) is 7.20. The van der Waals surface area contributed by atoms with Gasteiger partial charge >= 0.3 is 0 Å². The van der Waals surface area contributed by atoms with Crippen molar-refractivity contribution in [1.82, 2.24) is 15.5 Å². The van der Waals surface area contributed by atoms with Crippen LogP contribution in [0.3, 0.4) is 0 Å². The van der Waals surface area contributed by atoms with Gasteiger partial charge in [0.2, 0.25) is 0 Å². The summed E-state index contributed by atoms with van der Waals surface area (Å²) in [5.74, 6) is -0.0185. The molecular weight excluding hydrogens is 467 g/mol. The van der Waals surface area contributed by atoms with E-state index in [1.807, 2.05) is 0 Å². The number of hydrogen-bond acceptors (Lipinski definition) is 4. The molecule has 0 atom stereocenters. The number of carbonyl (C=O) groups is 1. The van der Waals surface area contributed by atoms with Gasteiger partial charge in [-0.3, -0.25) is 17.6 Å². The van der Waals surface area contributed by atoms with Crippen LogP contribution in [0.25, 0.3) is 0 Å². The van der Waals surface area contributed by atoms with Crippen LogP contribution in [0.15, 0.2) is 12.3 Å². The molecule has 7 heteroatoms. The van der Waals surface area contributed by atoms with E-state index < -0.39 is 0 Å². The first-order valence-electron chi connectivity index (χ1n) is 3.95. The fraction of sp³-hybridized carbons (Fsp3) is 0.200. The molecule has 0 bridgehead atoms. The van der Waals surface area contributed by atoms with Crippen molar-refractivity contribution in [3.8, 4) is 0 Å². The van der Waals surface area contributed by atoms with Gasteiger partial charge < -0.3 is 34.6 Å². The summed E-state index contributed by atoms with van der Waals surface area (Å²) >= 11 is 0. The van der Waals surface area contributed by atoms with Crippen LogP contribution < -0.4 is 5.32 Å². The summed E-state index contributed by atoms with van der Waals surface area (Å²) in [5, 5.41) is 9.36. The van der Waals surface area contributed by atoms with E-state index in [9.17, 15) is 4.79 Å². The molecule has 0 aliphatic rings. The molecule has 0 fully saturated rings. The van der Waals surface area contributed by atoms with E-state index in [-0.39, 0.29) is 59.7 Å². The van der Waals surface area contributed by atoms with E-state index in [1.165, 1.54) is 0 Å². The Morgan fingerprint density at radius 3 is 2.24 bits per heavy atom. The molecule has 0 unspecified atom stereocenters. The molecule has 1 N–H and O–H groups in total. The second-order valence-corrected chi connectivity index (χ2v) is 2.09. The number of rotatable bonds is 1. The summed E-state index contributed by atoms with van der Waals surface area (Å²) in [6.45, 7) is 10.2. The van der Waals surface area contributed by atoms with Crippen LogP contribution in [0.2, 0.25) is 0 Å². The second kappa shape index (κ2) is 21.2. The third-order valence-electron chi connectivity index (χ3n) is 1.10. The molecular formula is C10H13N3O2WY-4. The number of carbonyl (C=O) groups excluding carboxylic acids is 2. The Morgan fingerprint density at radius 1 is 1.59 bits per heavy atom. The molecule has 1 radical (unpaired) electrons. The molecule has 1 rings (SSSR count). The Bertz CT molecular complexity index is 257. The predicted molar refractivity (Wildman–Crippen MR) is 56.1 cm³/mol. The number of nitrogens with zero attached hydrogens (tertiary/aromatic N) is 2. The monoisotopic (exact) mass is 480 g/mol. The molecule has 0 spiro atoms. The molecule has 0 saturated heterocycles. The summed E-state index contributed by atoms with van der Waals surface area (Å²) in [4.78, 5) is 17.8. The summed E-state index contributed by atoms with van der Waals surface area (Å²) in [6, 6.07) is 1.74. The van der Waals surface area contributed by atoms with Crippen molar-refractivity contribution in [3.05, 3.63) is 37.9 Å². The molecule has 1 heterocycles. The molecule has 5 nitrogen and oxygen atoms in total. The average Bonchev–Trinajstić information content (AvgIpc) is 2.32. The summed E-state index contributed by atoms with van der Waals surface area (Å²) in [5.41, 5.74) is 0.773. The van der Waals surface area contributed by atoms with Gasteiger partial charge in [0.15, 0.2) is 5.91 Å². The normalized spacial score (nSPS) is 6.47. The summed E-state index contributed by atoms with van der Waals surface area (Å²) < 4.78 is 0. The van der Waals surface area contributed by atoms with Crippen LogP contribution in [0.5, 0.6) is 0 Å². The maximum Gasteiger partial charge on any atom is 0.189 e. The van der Waals surface area contributed by atoms with E-state index in [4.69, 9.17) is 4.79 Å². The van der Waals surface area contributed by atoms with Gasteiger partial charge in [-0.05, 0) is 0 Å². The van der Waals surface area contributed by atoms with Crippen molar-refractivity contribution in [1.29, 1.82) is 0 Å². The minimum Gasteiger partial charge on any atom is -0.545 e. The van der Waals surface area contributed by atoms with E-state index in [0.29, 0.717) is 6.42 Å². The molecule has 0 aliphatic carbocycles. The van der Waals surface area contributed by atoms with Crippen LogP contribution in [0.4, 0.5) is 0 Å². The Labute approximate surface area is 142 Å².